The summed E-state index contributed by atoms with van der Waals surface area (Å²) in [5, 5.41) is 3.51. The van der Waals surface area contributed by atoms with Gasteiger partial charge in [-0.05, 0) is 60.2 Å². The summed E-state index contributed by atoms with van der Waals surface area (Å²) in [7, 11) is 2.19. The fourth-order valence-corrected chi connectivity index (χ4v) is 2.04. The topological polar surface area (TPSA) is 24.5 Å². The molecule has 1 unspecified atom stereocenters. The van der Waals surface area contributed by atoms with Gasteiger partial charge in [0.15, 0.2) is 0 Å². The molecule has 0 aromatic rings. The third-order valence-corrected chi connectivity index (χ3v) is 2.91. The van der Waals surface area contributed by atoms with Crippen LogP contribution in [0.5, 0.6) is 0 Å². The van der Waals surface area contributed by atoms with Crippen LogP contribution in [0.3, 0.4) is 0 Å². The minimum Gasteiger partial charge on any atom is -0.377 e. The predicted octanol–water partition coefficient (Wildman–Crippen LogP) is 1.88. The fraction of sp³-hybridized carbons (Fsp3) is 1.00. The first-order valence-corrected chi connectivity index (χ1v) is 6.52. The van der Waals surface area contributed by atoms with E-state index in [0.29, 0.717) is 6.10 Å². The lowest BCUT2D eigenvalue weighted by molar-refractivity contribution is 0.0808. The summed E-state index contributed by atoms with van der Waals surface area (Å²) in [5.41, 5.74) is 0.243. The molecule has 1 atom stereocenters. The molecule has 1 saturated heterocycles. The Morgan fingerprint density at radius 2 is 2.12 bits per heavy atom. The molecule has 1 aliphatic rings. The maximum absolute atomic E-state index is 5.63. The average Bonchev–Trinajstić information content (AvgIpc) is 2.63. The molecule has 0 radical (unpaired) electrons. The van der Waals surface area contributed by atoms with Crippen LogP contribution in [0.15, 0.2) is 0 Å². The zero-order chi connectivity index (χ0) is 12.0. The largest absolute Gasteiger partial charge is 0.377 e. The van der Waals surface area contributed by atoms with Crippen LogP contribution in [0.1, 0.15) is 40.0 Å². The normalized spacial score (nSPS) is 21.9. The Labute approximate surface area is 101 Å². The summed E-state index contributed by atoms with van der Waals surface area (Å²) in [5.74, 6) is 0. The van der Waals surface area contributed by atoms with Crippen LogP contribution >= 0.6 is 0 Å². The van der Waals surface area contributed by atoms with Crippen molar-refractivity contribution < 1.29 is 4.74 Å². The van der Waals surface area contributed by atoms with Gasteiger partial charge in [0, 0.05) is 18.7 Å². The van der Waals surface area contributed by atoms with Crippen LogP contribution in [0.4, 0.5) is 0 Å². The molecule has 0 aromatic heterocycles. The third kappa shape index (κ3) is 6.46. The van der Waals surface area contributed by atoms with Gasteiger partial charge in [0.25, 0.3) is 0 Å². The van der Waals surface area contributed by atoms with Gasteiger partial charge < -0.3 is 15.0 Å². The third-order valence-electron chi connectivity index (χ3n) is 2.91. The van der Waals surface area contributed by atoms with E-state index in [0.717, 1.165) is 26.2 Å². The highest BCUT2D eigenvalue weighted by Crippen LogP contribution is 2.12. The smallest absolute Gasteiger partial charge is 0.0702 e. The average molecular weight is 228 g/mol. The van der Waals surface area contributed by atoms with E-state index < -0.39 is 0 Å². The van der Waals surface area contributed by atoms with Crippen molar-refractivity contribution in [2.45, 2.75) is 51.7 Å². The number of nitrogens with one attached hydrogen (secondary N) is 1. The molecule has 0 bridgehead atoms. The van der Waals surface area contributed by atoms with Crippen LogP contribution < -0.4 is 5.32 Å². The van der Waals surface area contributed by atoms with Gasteiger partial charge >= 0.3 is 0 Å². The number of nitrogens with zero attached hydrogens (tertiary/aromatic N) is 1. The predicted molar refractivity (Wildman–Crippen MR) is 68.8 cm³/mol. The monoisotopic (exact) mass is 228 g/mol. The molecule has 0 aromatic carbocycles. The van der Waals surface area contributed by atoms with Gasteiger partial charge in [0.2, 0.25) is 0 Å². The molecule has 3 heteroatoms. The molecule has 1 heterocycles. The Morgan fingerprint density at radius 3 is 2.69 bits per heavy atom. The summed E-state index contributed by atoms with van der Waals surface area (Å²) in [6, 6.07) is 0. The summed E-state index contributed by atoms with van der Waals surface area (Å²) in [6.07, 6.45) is 4.18. The second-order valence-corrected chi connectivity index (χ2v) is 5.93. The van der Waals surface area contributed by atoms with E-state index in [1.807, 2.05) is 0 Å². The van der Waals surface area contributed by atoms with Crippen molar-refractivity contribution in [3.8, 4) is 0 Å². The molecule has 1 rings (SSSR count). The lowest BCUT2D eigenvalue weighted by atomic mass is 10.1. The van der Waals surface area contributed by atoms with Gasteiger partial charge in [-0.2, -0.15) is 0 Å². The molecule has 1 aliphatic heterocycles. The lowest BCUT2D eigenvalue weighted by Crippen LogP contribution is -2.38. The van der Waals surface area contributed by atoms with E-state index in [9.17, 15) is 0 Å². The number of rotatable bonds is 6. The number of ether oxygens (including phenoxy) is 1. The minimum absolute atomic E-state index is 0.243. The molecule has 1 fully saturated rings. The summed E-state index contributed by atoms with van der Waals surface area (Å²) in [6.45, 7) is 10.9. The van der Waals surface area contributed by atoms with E-state index in [2.05, 4.69) is 38.0 Å². The zero-order valence-electron chi connectivity index (χ0n) is 11.4. The van der Waals surface area contributed by atoms with Crippen LogP contribution in [0, 0.1) is 0 Å². The van der Waals surface area contributed by atoms with Gasteiger partial charge in [0.05, 0.1) is 6.10 Å². The SMILES string of the molecule is CN(CCCNC(C)(C)C)CC1CCCO1. The number of hydrogen-bond donors (Lipinski definition) is 1. The Hall–Kier alpha value is -0.120. The second-order valence-electron chi connectivity index (χ2n) is 5.93. The summed E-state index contributed by atoms with van der Waals surface area (Å²) >= 11 is 0. The van der Waals surface area contributed by atoms with Crippen molar-refractivity contribution in [3.05, 3.63) is 0 Å². The zero-order valence-corrected chi connectivity index (χ0v) is 11.4. The molecule has 0 amide bonds. The van der Waals surface area contributed by atoms with E-state index in [1.54, 1.807) is 0 Å². The maximum atomic E-state index is 5.63. The van der Waals surface area contributed by atoms with Crippen LogP contribution in [-0.2, 0) is 4.74 Å². The Kier molecular flexibility index (Phi) is 5.73. The quantitative estimate of drug-likeness (QED) is 0.703. The van der Waals surface area contributed by atoms with Crippen molar-refractivity contribution in [2.24, 2.45) is 0 Å². The molecule has 1 N–H and O–H groups in total. The second kappa shape index (κ2) is 6.58. The molecule has 0 aliphatic carbocycles. The first kappa shape index (κ1) is 13.9. The Morgan fingerprint density at radius 1 is 1.38 bits per heavy atom. The van der Waals surface area contributed by atoms with E-state index in [1.165, 1.54) is 19.3 Å². The molecular formula is C13H28N2O. The van der Waals surface area contributed by atoms with Gasteiger partial charge in [0.1, 0.15) is 0 Å². The lowest BCUT2D eigenvalue weighted by Gasteiger charge is -2.23. The fourth-order valence-electron chi connectivity index (χ4n) is 2.04. The minimum atomic E-state index is 0.243. The van der Waals surface area contributed by atoms with E-state index in [-0.39, 0.29) is 5.54 Å². The highest BCUT2D eigenvalue weighted by Gasteiger charge is 2.17. The van der Waals surface area contributed by atoms with Crippen molar-refractivity contribution in [1.29, 1.82) is 0 Å². The van der Waals surface area contributed by atoms with Crippen molar-refractivity contribution in [1.82, 2.24) is 10.2 Å². The summed E-state index contributed by atoms with van der Waals surface area (Å²) < 4.78 is 5.63. The van der Waals surface area contributed by atoms with Crippen LogP contribution in [-0.4, -0.2) is 49.8 Å². The van der Waals surface area contributed by atoms with Crippen LogP contribution in [0.2, 0.25) is 0 Å². The van der Waals surface area contributed by atoms with E-state index >= 15 is 0 Å². The van der Waals surface area contributed by atoms with Crippen molar-refractivity contribution in [3.63, 3.8) is 0 Å². The Balaban J connectivity index is 1.99. The Bertz CT molecular complexity index is 183. The molecule has 0 saturated carbocycles. The van der Waals surface area contributed by atoms with Crippen molar-refractivity contribution in [2.75, 3.05) is 33.3 Å². The molecule has 16 heavy (non-hydrogen) atoms. The molecule has 0 spiro atoms. The first-order valence-electron chi connectivity index (χ1n) is 6.52. The maximum Gasteiger partial charge on any atom is 0.0702 e. The molecular weight excluding hydrogens is 200 g/mol. The number of hydrogen-bond acceptors (Lipinski definition) is 3. The highest BCUT2D eigenvalue weighted by atomic mass is 16.5. The van der Waals surface area contributed by atoms with Gasteiger partial charge in [-0.1, -0.05) is 0 Å². The first-order chi connectivity index (χ1) is 7.47. The van der Waals surface area contributed by atoms with Crippen molar-refractivity contribution >= 4 is 0 Å². The molecule has 96 valence electrons. The standard InChI is InChI=1S/C13H28N2O/c1-13(2,3)14-8-6-9-15(4)11-12-7-5-10-16-12/h12,14H,5-11H2,1-4H3. The van der Waals surface area contributed by atoms with Crippen LogP contribution in [0.25, 0.3) is 0 Å². The summed E-state index contributed by atoms with van der Waals surface area (Å²) in [4.78, 5) is 2.39. The molecule has 3 nitrogen and oxygen atoms in total. The van der Waals surface area contributed by atoms with Gasteiger partial charge in [-0.25, -0.2) is 0 Å². The van der Waals surface area contributed by atoms with Gasteiger partial charge in [-0.3, -0.25) is 0 Å². The van der Waals surface area contributed by atoms with Gasteiger partial charge in [-0.15, -0.1) is 0 Å². The number of likely N-dealkylation sites (N-methyl/N-ethyl adjacent to an activating group) is 1. The van der Waals surface area contributed by atoms with E-state index in [4.69, 9.17) is 4.74 Å². The highest BCUT2D eigenvalue weighted by molar-refractivity contribution is 4.71.